The minimum Gasteiger partial charge on any atom is -0.463 e. The Morgan fingerprint density at radius 3 is 1.94 bits per heavy atom. The first-order valence-corrected chi connectivity index (χ1v) is 11.4. The number of esters is 1. The summed E-state index contributed by atoms with van der Waals surface area (Å²) < 4.78 is 5.07. The smallest absolute Gasteiger partial charge is 0.330 e. The minimum absolute atomic E-state index is 0.366. The van der Waals surface area contributed by atoms with Gasteiger partial charge in [0, 0.05) is 23.1 Å². The third-order valence-electron chi connectivity index (χ3n) is 5.70. The number of ether oxygens (including phenoxy) is 1. The van der Waals surface area contributed by atoms with E-state index < -0.39 is 0 Å². The van der Waals surface area contributed by atoms with E-state index in [0.29, 0.717) is 6.61 Å². The molecule has 0 saturated heterocycles. The van der Waals surface area contributed by atoms with Gasteiger partial charge in [0.25, 0.3) is 0 Å². The highest BCUT2D eigenvalue weighted by molar-refractivity contribution is 5.81. The SMILES string of the molecule is C=CC(=O)OCCCc1ccc(N(c2ccc(CCC)cc2)c2ccc(C)c(C)c2)cc1. The van der Waals surface area contributed by atoms with Gasteiger partial charge >= 0.3 is 5.97 Å². The number of rotatable bonds is 10. The van der Waals surface area contributed by atoms with Gasteiger partial charge < -0.3 is 9.64 Å². The van der Waals surface area contributed by atoms with Crippen LogP contribution in [0, 0.1) is 13.8 Å². The lowest BCUT2D eigenvalue weighted by Gasteiger charge is -2.26. The van der Waals surface area contributed by atoms with Crippen molar-refractivity contribution >= 4 is 23.0 Å². The van der Waals surface area contributed by atoms with E-state index in [1.165, 1.54) is 28.3 Å². The molecule has 0 spiro atoms. The molecule has 0 amide bonds. The van der Waals surface area contributed by atoms with Gasteiger partial charge in [-0.1, -0.05) is 50.3 Å². The second kappa shape index (κ2) is 11.3. The van der Waals surface area contributed by atoms with E-state index in [-0.39, 0.29) is 5.97 Å². The summed E-state index contributed by atoms with van der Waals surface area (Å²) >= 11 is 0. The molecule has 0 aromatic heterocycles. The number of anilines is 3. The number of hydrogen-bond donors (Lipinski definition) is 0. The molecule has 0 bridgehead atoms. The number of hydrogen-bond acceptors (Lipinski definition) is 3. The first kappa shape index (κ1) is 23.3. The second-order valence-electron chi connectivity index (χ2n) is 8.16. The van der Waals surface area contributed by atoms with Gasteiger partial charge in [0.1, 0.15) is 0 Å². The molecule has 3 aromatic carbocycles. The van der Waals surface area contributed by atoms with Crippen molar-refractivity contribution in [2.45, 2.75) is 46.5 Å². The van der Waals surface area contributed by atoms with Crippen LogP contribution in [0.15, 0.2) is 79.4 Å². The molecular weight excluding hydrogens is 394 g/mol. The Morgan fingerprint density at radius 2 is 1.41 bits per heavy atom. The first-order chi connectivity index (χ1) is 15.5. The predicted octanol–water partition coefficient (Wildman–Crippen LogP) is 7.39. The van der Waals surface area contributed by atoms with E-state index in [4.69, 9.17) is 4.74 Å². The second-order valence-corrected chi connectivity index (χ2v) is 8.16. The molecule has 0 aliphatic heterocycles. The van der Waals surface area contributed by atoms with Crippen LogP contribution in [-0.2, 0) is 22.4 Å². The number of nitrogens with zero attached hydrogens (tertiary/aromatic N) is 1. The summed E-state index contributed by atoms with van der Waals surface area (Å²) in [5.74, 6) is -0.366. The number of benzene rings is 3. The zero-order valence-corrected chi connectivity index (χ0v) is 19.4. The average Bonchev–Trinajstić information content (AvgIpc) is 2.81. The number of carbonyl (C=O) groups is 1. The summed E-state index contributed by atoms with van der Waals surface area (Å²) in [7, 11) is 0. The molecule has 0 aliphatic carbocycles. The van der Waals surface area contributed by atoms with Gasteiger partial charge in [-0.3, -0.25) is 0 Å². The maximum absolute atomic E-state index is 11.2. The summed E-state index contributed by atoms with van der Waals surface area (Å²) in [4.78, 5) is 13.5. The summed E-state index contributed by atoms with van der Waals surface area (Å²) in [6.07, 6.45) is 5.10. The molecule has 0 unspecified atom stereocenters. The summed E-state index contributed by atoms with van der Waals surface area (Å²) in [5, 5.41) is 0. The Balaban J connectivity index is 1.83. The van der Waals surface area contributed by atoms with E-state index in [2.05, 4.69) is 99.0 Å². The Hall–Kier alpha value is -3.33. The van der Waals surface area contributed by atoms with Gasteiger partial charge in [-0.05, 0) is 91.8 Å². The monoisotopic (exact) mass is 427 g/mol. The molecular formula is C29H33NO2. The van der Waals surface area contributed by atoms with E-state index >= 15 is 0 Å². The summed E-state index contributed by atoms with van der Waals surface area (Å²) in [6.45, 7) is 10.3. The van der Waals surface area contributed by atoms with Crippen molar-refractivity contribution in [1.29, 1.82) is 0 Å². The average molecular weight is 428 g/mol. The molecule has 3 nitrogen and oxygen atoms in total. The lowest BCUT2D eigenvalue weighted by atomic mass is 10.1. The number of aryl methyl sites for hydroxylation is 4. The zero-order valence-electron chi connectivity index (χ0n) is 19.4. The van der Waals surface area contributed by atoms with Crippen LogP contribution in [0.1, 0.15) is 42.0 Å². The first-order valence-electron chi connectivity index (χ1n) is 11.4. The third kappa shape index (κ3) is 6.10. The standard InChI is InChI=1S/C29H33NO2/c1-5-8-24-11-16-26(17-12-24)30(28-15-10-22(3)23(4)21-28)27-18-13-25(14-19-27)9-7-20-32-29(31)6-2/h6,10-19,21H,2,5,7-9,20H2,1,3-4H3. The largest absolute Gasteiger partial charge is 0.463 e. The zero-order chi connectivity index (χ0) is 22.9. The molecule has 3 aromatic rings. The van der Waals surface area contributed by atoms with E-state index in [9.17, 15) is 4.79 Å². The van der Waals surface area contributed by atoms with Gasteiger partial charge in [-0.15, -0.1) is 0 Å². The van der Waals surface area contributed by atoms with E-state index in [1.54, 1.807) is 0 Å². The lowest BCUT2D eigenvalue weighted by Crippen LogP contribution is -2.10. The highest BCUT2D eigenvalue weighted by atomic mass is 16.5. The van der Waals surface area contributed by atoms with Crippen molar-refractivity contribution in [1.82, 2.24) is 0 Å². The summed E-state index contributed by atoms with van der Waals surface area (Å²) in [5.41, 5.74) is 8.58. The summed E-state index contributed by atoms with van der Waals surface area (Å²) in [6, 6.07) is 24.1. The fourth-order valence-corrected chi connectivity index (χ4v) is 3.73. The highest BCUT2D eigenvalue weighted by Crippen LogP contribution is 2.35. The molecule has 0 saturated carbocycles. The van der Waals surface area contributed by atoms with Crippen molar-refractivity contribution in [2.24, 2.45) is 0 Å². The molecule has 0 fully saturated rings. The van der Waals surface area contributed by atoms with Gasteiger partial charge in [0.15, 0.2) is 0 Å². The minimum atomic E-state index is -0.366. The Kier molecular flexibility index (Phi) is 8.27. The van der Waals surface area contributed by atoms with Crippen molar-refractivity contribution in [3.63, 3.8) is 0 Å². The number of carbonyl (C=O) groups excluding carboxylic acids is 1. The van der Waals surface area contributed by atoms with Gasteiger partial charge in [-0.2, -0.15) is 0 Å². The normalized spacial score (nSPS) is 10.6. The van der Waals surface area contributed by atoms with Gasteiger partial charge in [0.2, 0.25) is 0 Å². The maximum atomic E-state index is 11.2. The molecule has 32 heavy (non-hydrogen) atoms. The molecule has 0 N–H and O–H groups in total. The van der Waals surface area contributed by atoms with Crippen LogP contribution < -0.4 is 4.90 Å². The van der Waals surface area contributed by atoms with Gasteiger partial charge in [-0.25, -0.2) is 4.79 Å². The quantitative estimate of drug-likeness (QED) is 0.192. The van der Waals surface area contributed by atoms with Crippen LogP contribution in [0.4, 0.5) is 17.1 Å². The van der Waals surface area contributed by atoms with E-state index in [1.807, 2.05) is 0 Å². The van der Waals surface area contributed by atoms with Crippen molar-refractivity contribution in [3.8, 4) is 0 Å². The Labute approximate surface area is 192 Å². The molecule has 166 valence electrons. The molecule has 0 atom stereocenters. The van der Waals surface area contributed by atoms with Crippen molar-refractivity contribution in [2.75, 3.05) is 11.5 Å². The molecule has 0 heterocycles. The highest BCUT2D eigenvalue weighted by Gasteiger charge is 2.13. The molecule has 3 heteroatoms. The fraction of sp³-hybridized carbons (Fsp3) is 0.276. The van der Waals surface area contributed by atoms with E-state index in [0.717, 1.165) is 42.7 Å². The van der Waals surface area contributed by atoms with Crippen molar-refractivity contribution in [3.05, 3.63) is 102 Å². The van der Waals surface area contributed by atoms with Crippen LogP contribution in [0.5, 0.6) is 0 Å². The molecule has 0 radical (unpaired) electrons. The molecule has 0 aliphatic rings. The van der Waals surface area contributed by atoms with Crippen LogP contribution in [0.3, 0.4) is 0 Å². The van der Waals surface area contributed by atoms with Crippen LogP contribution in [-0.4, -0.2) is 12.6 Å². The fourth-order valence-electron chi connectivity index (χ4n) is 3.73. The topological polar surface area (TPSA) is 29.5 Å². The van der Waals surface area contributed by atoms with Crippen molar-refractivity contribution < 1.29 is 9.53 Å². The Bertz CT molecular complexity index is 1040. The van der Waals surface area contributed by atoms with Crippen LogP contribution in [0.2, 0.25) is 0 Å². The lowest BCUT2D eigenvalue weighted by molar-refractivity contribution is -0.137. The maximum Gasteiger partial charge on any atom is 0.330 e. The molecule has 3 rings (SSSR count). The van der Waals surface area contributed by atoms with Crippen LogP contribution >= 0.6 is 0 Å². The predicted molar refractivity (Wildman–Crippen MR) is 134 cm³/mol. The third-order valence-corrected chi connectivity index (χ3v) is 5.70. The van der Waals surface area contributed by atoms with Gasteiger partial charge in [0.05, 0.1) is 6.61 Å². The van der Waals surface area contributed by atoms with Crippen LogP contribution in [0.25, 0.3) is 0 Å². The Morgan fingerprint density at radius 1 is 0.844 bits per heavy atom.